The topological polar surface area (TPSA) is 82.5 Å². The molecule has 2 N–H and O–H groups in total. The van der Waals surface area contributed by atoms with E-state index in [0.717, 1.165) is 0 Å². The summed E-state index contributed by atoms with van der Waals surface area (Å²) in [5.74, 6) is 0.344. The molecule has 6 nitrogen and oxygen atoms in total. The largest absolute Gasteiger partial charge is 0.395 e. The molecule has 0 fully saturated rings. The summed E-state index contributed by atoms with van der Waals surface area (Å²) < 4.78 is 26.0. The number of pyridine rings is 1. The van der Waals surface area contributed by atoms with Gasteiger partial charge in [0.1, 0.15) is 10.7 Å². The molecule has 1 aromatic rings. The molecular formula is C11H19N3O3S. The van der Waals surface area contributed by atoms with E-state index in [1.54, 1.807) is 19.2 Å². The third kappa shape index (κ3) is 3.18. The summed E-state index contributed by atoms with van der Waals surface area (Å²) in [4.78, 5) is 4.17. The van der Waals surface area contributed by atoms with Crippen LogP contribution in [0.15, 0.2) is 23.2 Å². The average Bonchev–Trinajstić information content (AvgIpc) is 2.36. The van der Waals surface area contributed by atoms with Crippen molar-refractivity contribution in [1.82, 2.24) is 9.29 Å². The third-order valence-corrected chi connectivity index (χ3v) is 4.44. The number of nitrogens with one attached hydrogen (secondary N) is 1. The minimum absolute atomic E-state index is 0.0826. The van der Waals surface area contributed by atoms with E-state index in [1.807, 2.05) is 6.92 Å². The van der Waals surface area contributed by atoms with Crippen LogP contribution in [0.1, 0.15) is 13.8 Å². The van der Waals surface area contributed by atoms with Crippen LogP contribution in [-0.4, -0.2) is 49.1 Å². The number of nitrogens with zero attached hydrogens (tertiary/aromatic N) is 2. The third-order valence-electron chi connectivity index (χ3n) is 2.43. The first-order chi connectivity index (χ1) is 8.57. The lowest BCUT2D eigenvalue weighted by atomic mass is 10.4. The van der Waals surface area contributed by atoms with Gasteiger partial charge < -0.3 is 10.4 Å². The maximum Gasteiger partial charge on any atom is 0.246 e. The molecule has 18 heavy (non-hydrogen) atoms. The van der Waals surface area contributed by atoms with Crippen LogP contribution >= 0.6 is 0 Å². The zero-order valence-corrected chi connectivity index (χ0v) is 11.4. The molecule has 0 atom stereocenters. The molecule has 0 aromatic carbocycles. The highest BCUT2D eigenvalue weighted by molar-refractivity contribution is 7.89. The van der Waals surface area contributed by atoms with Gasteiger partial charge in [0.05, 0.1) is 6.61 Å². The minimum atomic E-state index is -3.62. The quantitative estimate of drug-likeness (QED) is 0.756. The molecule has 1 heterocycles. The molecule has 1 aromatic heterocycles. The summed E-state index contributed by atoms with van der Waals surface area (Å²) >= 11 is 0. The molecule has 0 unspecified atom stereocenters. The molecule has 0 aliphatic rings. The predicted molar refractivity (Wildman–Crippen MR) is 69.9 cm³/mol. The molecule has 0 amide bonds. The second-order valence-electron chi connectivity index (χ2n) is 3.60. The minimum Gasteiger partial charge on any atom is -0.395 e. The number of aliphatic hydroxyl groups excluding tert-OH is 1. The van der Waals surface area contributed by atoms with Crippen LogP contribution in [-0.2, 0) is 10.0 Å². The number of aliphatic hydroxyl groups is 1. The van der Waals surface area contributed by atoms with Crippen molar-refractivity contribution in [3.05, 3.63) is 18.3 Å². The molecule has 0 aliphatic heterocycles. The second-order valence-corrected chi connectivity index (χ2v) is 5.51. The fraction of sp³-hybridized carbons (Fsp3) is 0.545. The van der Waals surface area contributed by atoms with E-state index in [1.165, 1.54) is 10.4 Å². The van der Waals surface area contributed by atoms with Gasteiger partial charge in [-0.3, -0.25) is 0 Å². The Kier molecular flexibility index (Phi) is 5.52. The number of rotatable bonds is 7. The fourth-order valence-corrected chi connectivity index (χ4v) is 3.16. The molecule has 7 heteroatoms. The zero-order chi connectivity index (χ0) is 13.6. The van der Waals surface area contributed by atoms with Crippen LogP contribution < -0.4 is 5.32 Å². The summed E-state index contributed by atoms with van der Waals surface area (Å²) in [5.41, 5.74) is 0. The van der Waals surface area contributed by atoms with Crippen molar-refractivity contribution in [2.24, 2.45) is 0 Å². The lowest BCUT2D eigenvalue weighted by molar-refractivity contribution is 0.257. The van der Waals surface area contributed by atoms with Gasteiger partial charge >= 0.3 is 0 Å². The van der Waals surface area contributed by atoms with E-state index in [9.17, 15) is 8.42 Å². The molecule has 1 rings (SSSR count). The Hall–Kier alpha value is -1.18. The van der Waals surface area contributed by atoms with Crippen LogP contribution in [0, 0.1) is 0 Å². The van der Waals surface area contributed by atoms with Crippen molar-refractivity contribution in [2.75, 3.05) is 31.6 Å². The van der Waals surface area contributed by atoms with Crippen LogP contribution in [0.2, 0.25) is 0 Å². The Morgan fingerprint density at radius 1 is 1.44 bits per heavy atom. The van der Waals surface area contributed by atoms with Gasteiger partial charge in [0.25, 0.3) is 0 Å². The summed E-state index contributed by atoms with van der Waals surface area (Å²) in [6.07, 6.45) is 1.54. The number of sulfonamides is 1. The van der Waals surface area contributed by atoms with E-state index < -0.39 is 10.0 Å². The Morgan fingerprint density at radius 3 is 2.72 bits per heavy atom. The number of hydrogen-bond acceptors (Lipinski definition) is 5. The van der Waals surface area contributed by atoms with Crippen molar-refractivity contribution in [2.45, 2.75) is 18.7 Å². The number of hydrogen-bond donors (Lipinski definition) is 2. The smallest absolute Gasteiger partial charge is 0.246 e. The second kappa shape index (κ2) is 6.67. The van der Waals surface area contributed by atoms with Gasteiger partial charge in [-0.2, -0.15) is 4.31 Å². The Labute approximate surface area is 108 Å². The van der Waals surface area contributed by atoms with E-state index in [4.69, 9.17) is 5.11 Å². The molecule has 102 valence electrons. The van der Waals surface area contributed by atoms with Gasteiger partial charge in [-0.05, 0) is 19.1 Å². The van der Waals surface area contributed by atoms with E-state index >= 15 is 0 Å². The lowest BCUT2D eigenvalue weighted by Crippen LogP contribution is -2.34. The van der Waals surface area contributed by atoms with Gasteiger partial charge in [-0.25, -0.2) is 13.4 Å². The van der Waals surface area contributed by atoms with Crippen LogP contribution in [0.25, 0.3) is 0 Å². The van der Waals surface area contributed by atoms with Gasteiger partial charge in [0.15, 0.2) is 0 Å². The molecule has 0 spiro atoms. The summed E-state index contributed by atoms with van der Waals surface area (Å²) in [5, 5.41) is 11.8. The van der Waals surface area contributed by atoms with Gasteiger partial charge in [-0.1, -0.05) is 6.92 Å². The average molecular weight is 273 g/mol. The van der Waals surface area contributed by atoms with Crippen molar-refractivity contribution in [3.63, 3.8) is 0 Å². The standard InChI is InChI=1S/C11H19N3O3S/c1-3-12-11-10(6-5-7-13-11)18(16,17)14(4-2)8-9-15/h5-7,15H,3-4,8-9H2,1-2H3,(H,12,13). The monoisotopic (exact) mass is 273 g/mol. The maximum absolute atomic E-state index is 12.4. The van der Waals surface area contributed by atoms with Gasteiger partial charge in [-0.15, -0.1) is 0 Å². The molecular weight excluding hydrogens is 254 g/mol. The van der Waals surface area contributed by atoms with Gasteiger partial charge in [0, 0.05) is 25.8 Å². The Morgan fingerprint density at radius 2 is 2.17 bits per heavy atom. The zero-order valence-electron chi connectivity index (χ0n) is 10.6. The molecule has 0 saturated carbocycles. The Balaban J connectivity index is 3.18. The first-order valence-electron chi connectivity index (χ1n) is 5.87. The van der Waals surface area contributed by atoms with Crippen LogP contribution in [0.3, 0.4) is 0 Å². The summed E-state index contributed by atoms with van der Waals surface area (Å²) in [6.45, 7) is 4.38. The van der Waals surface area contributed by atoms with Crippen molar-refractivity contribution in [1.29, 1.82) is 0 Å². The number of anilines is 1. The van der Waals surface area contributed by atoms with E-state index in [0.29, 0.717) is 18.9 Å². The maximum atomic E-state index is 12.4. The lowest BCUT2D eigenvalue weighted by Gasteiger charge is -2.20. The highest BCUT2D eigenvalue weighted by Crippen LogP contribution is 2.21. The van der Waals surface area contributed by atoms with Crippen molar-refractivity contribution < 1.29 is 13.5 Å². The van der Waals surface area contributed by atoms with Crippen LogP contribution in [0.5, 0.6) is 0 Å². The number of aromatic nitrogens is 1. The van der Waals surface area contributed by atoms with E-state index in [2.05, 4.69) is 10.3 Å². The first kappa shape index (κ1) is 14.9. The van der Waals surface area contributed by atoms with Gasteiger partial charge in [0.2, 0.25) is 10.0 Å². The predicted octanol–water partition coefficient (Wildman–Crippen LogP) is 0.516. The highest BCUT2D eigenvalue weighted by atomic mass is 32.2. The molecule has 0 saturated heterocycles. The fourth-order valence-electron chi connectivity index (χ4n) is 1.60. The Bertz CT molecular complexity index is 476. The van der Waals surface area contributed by atoms with E-state index in [-0.39, 0.29) is 18.0 Å². The number of likely N-dealkylation sites (N-methyl/N-ethyl adjacent to an activating group) is 1. The molecule has 0 bridgehead atoms. The van der Waals surface area contributed by atoms with Crippen molar-refractivity contribution >= 4 is 15.8 Å². The molecule has 0 aliphatic carbocycles. The summed E-state index contributed by atoms with van der Waals surface area (Å²) in [6, 6.07) is 3.10. The SMILES string of the molecule is CCNc1ncccc1S(=O)(=O)N(CC)CCO. The summed E-state index contributed by atoms with van der Waals surface area (Å²) in [7, 11) is -3.62. The normalized spacial score (nSPS) is 11.8. The van der Waals surface area contributed by atoms with Crippen LogP contribution in [0.4, 0.5) is 5.82 Å². The first-order valence-corrected chi connectivity index (χ1v) is 7.31. The molecule has 0 radical (unpaired) electrons. The highest BCUT2D eigenvalue weighted by Gasteiger charge is 2.25. The van der Waals surface area contributed by atoms with Crippen molar-refractivity contribution in [3.8, 4) is 0 Å².